The van der Waals surface area contributed by atoms with E-state index in [1.807, 2.05) is 83.8 Å². The summed E-state index contributed by atoms with van der Waals surface area (Å²) < 4.78 is 0. The van der Waals surface area contributed by atoms with Gasteiger partial charge in [0.15, 0.2) is 5.11 Å². The van der Waals surface area contributed by atoms with E-state index in [1.54, 1.807) is 0 Å². The minimum atomic E-state index is -0.386. The molecule has 5 heteroatoms. The second kappa shape index (κ2) is 8.76. The number of carbonyl (C=O) groups excluding carboxylic acids is 1. The van der Waals surface area contributed by atoms with Crippen molar-refractivity contribution in [3.05, 3.63) is 103 Å². The molecule has 0 heterocycles. The third-order valence-corrected chi connectivity index (χ3v) is 5.13. The highest BCUT2D eigenvalue weighted by Gasteiger charge is 2.19. The third-order valence-electron chi connectivity index (χ3n) is 4.85. The lowest BCUT2D eigenvalue weighted by atomic mass is 10.1. The van der Waals surface area contributed by atoms with Gasteiger partial charge in [0, 0.05) is 16.8 Å². The predicted molar refractivity (Wildman–Crippen MR) is 128 cm³/mol. The molecule has 0 saturated heterocycles. The number of anilines is 3. The molecule has 0 saturated carbocycles. The number of benzene rings is 4. The molecule has 0 aliphatic carbocycles. The van der Waals surface area contributed by atoms with Crippen molar-refractivity contribution in [1.82, 2.24) is 0 Å². The van der Waals surface area contributed by atoms with Crippen LogP contribution in [0.1, 0.15) is 5.56 Å². The van der Waals surface area contributed by atoms with Crippen LogP contribution >= 0.6 is 12.2 Å². The largest absolute Gasteiger partial charge is 0.369 e. The van der Waals surface area contributed by atoms with Crippen molar-refractivity contribution in [2.75, 3.05) is 10.2 Å². The summed E-state index contributed by atoms with van der Waals surface area (Å²) in [5, 5.41) is 6.13. The Morgan fingerprint density at radius 1 is 0.833 bits per heavy atom. The quantitative estimate of drug-likeness (QED) is 0.432. The Balaban J connectivity index is 1.78. The van der Waals surface area contributed by atoms with Crippen LogP contribution in [0.15, 0.2) is 97.1 Å². The summed E-state index contributed by atoms with van der Waals surface area (Å²) >= 11 is 5.86. The van der Waals surface area contributed by atoms with Gasteiger partial charge in [-0.25, -0.2) is 0 Å². The number of carbonyl (C=O) groups is 1. The van der Waals surface area contributed by atoms with Crippen molar-refractivity contribution in [3.8, 4) is 0 Å². The highest BCUT2D eigenvalue weighted by atomic mass is 32.1. The maximum Gasteiger partial charge on any atom is 0.221 e. The van der Waals surface area contributed by atoms with E-state index in [4.69, 9.17) is 18.0 Å². The highest BCUT2D eigenvalue weighted by Crippen LogP contribution is 2.31. The summed E-state index contributed by atoms with van der Waals surface area (Å²) in [6, 6.07) is 31.7. The Labute approximate surface area is 180 Å². The highest BCUT2D eigenvalue weighted by molar-refractivity contribution is 7.80. The fraction of sp³-hybridized carbons (Fsp3) is 0.0400. The first kappa shape index (κ1) is 19.6. The van der Waals surface area contributed by atoms with Gasteiger partial charge < -0.3 is 11.1 Å². The van der Waals surface area contributed by atoms with Gasteiger partial charge in [-0.2, -0.15) is 0 Å². The Kier molecular flexibility index (Phi) is 5.72. The minimum Gasteiger partial charge on any atom is -0.369 e. The van der Waals surface area contributed by atoms with Gasteiger partial charge in [0.1, 0.15) is 0 Å². The smallest absolute Gasteiger partial charge is 0.221 e. The Bertz CT molecular complexity index is 1200. The van der Waals surface area contributed by atoms with E-state index in [2.05, 4.69) is 23.5 Å². The average Bonchev–Trinajstić information content (AvgIpc) is 2.76. The number of primary amides is 1. The Morgan fingerprint density at radius 2 is 1.50 bits per heavy atom. The van der Waals surface area contributed by atoms with Gasteiger partial charge in [0.05, 0.1) is 12.1 Å². The number of hydrogen-bond acceptors (Lipinski definition) is 2. The van der Waals surface area contributed by atoms with Gasteiger partial charge in [-0.05, 0) is 47.4 Å². The van der Waals surface area contributed by atoms with Crippen LogP contribution in [0.4, 0.5) is 17.1 Å². The molecule has 0 aliphatic heterocycles. The second-order valence-electron chi connectivity index (χ2n) is 6.90. The molecular formula is C25H21N3OS. The third kappa shape index (κ3) is 4.16. The number of thiocarbonyl (C=S) groups is 1. The fourth-order valence-electron chi connectivity index (χ4n) is 3.51. The zero-order chi connectivity index (χ0) is 20.9. The summed E-state index contributed by atoms with van der Waals surface area (Å²) in [7, 11) is 0. The van der Waals surface area contributed by atoms with E-state index in [0.717, 1.165) is 33.4 Å². The van der Waals surface area contributed by atoms with Gasteiger partial charge in [0.25, 0.3) is 0 Å². The standard InChI is InChI=1S/C25H21N3OS/c26-24(29)17-19-10-5-7-16-23(19)28(20-12-2-1-3-13-20)25(30)27-22-15-8-11-18-9-4-6-14-21(18)22/h1-16H,17H2,(H2,26,29)(H,27,30). The Morgan fingerprint density at radius 3 is 2.30 bits per heavy atom. The average molecular weight is 412 g/mol. The molecule has 30 heavy (non-hydrogen) atoms. The summed E-state index contributed by atoms with van der Waals surface area (Å²) in [6.45, 7) is 0. The summed E-state index contributed by atoms with van der Waals surface area (Å²) in [6.07, 6.45) is 0.135. The maximum absolute atomic E-state index is 11.6. The molecule has 3 N–H and O–H groups in total. The number of amides is 1. The number of nitrogens with two attached hydrogens (primary N) is 1. The maximum atomic E-state index is 11.6. The van der Waals surface area contributed by atoms with Crippen LogP contribution in [0.2, 0.25) is 0 Å². The molecule has 0 aromatic heterocycles. The predicted octanol–water partition coefficient (Wildman–Crippen LogP) is 5.40. The first-order valence-corrected chi connectivity index (χ1v) is 10.0. The molecule has 4 aromatic rings. The van der Waals surface area contributed by atoms with Crippen molar-refractivity contribution < 1.29 is 4.79 Å². The lowest BCUT2D eigenvalue weighted by Gasteiger charge is -2.28. The van der Waals surface area contributed by atoms with Crippen LogP contribution in [-0.2, 0) is 11.2 Å². The van der Waals surface area contributed by atoms with Crippen LogP contribution < -0.4 is 16.0 Å². The molecule has 0 radical (unpaired) electrons. The monoisotopic (exact) mass is 411 g/mol. The molecule has 0 bridgehead atoms. The lowest BCUT2D eigenvalue weighted by molar-refractivity contribution is -0.117. The summed E-state index contributed by atoms with van der Waals surface area (Å²) in [5.74, 6) is -0.386. The van der Waals surface area contributed by atoms with Crippen LogP contribution in [0, 0.1) is 0 Å². The first-order valence-electron chi connectivity index (χ1n) is 9.63. The van der Waals surface area contributed by atoms with Crippen molar-refractivity contribution in [3.63, 3.8) is 0 Å². The normalized spacial score (nSPS) is 10.5. The zero-order valence-electron chi connectivity index (χ0n) is 16.3. The van der Waals surface area contributed by atoms with Gasteiger partial charge in [-0.3, -0.25) is 9.69 Å². The van der Waals surface area contributed by atoms with E-state index in [1.165, 1.54) is 0 Å². The molecule has 0 aliphatic rings. The van der Waals surface area contributed by atoms with E-state index in [0.29, 0.717) is 5.11 Å². The number of rotatable bonds is 5. The number of para-hydroxylation sites is 2. The summed E-state index contributed by atoms with van der Waals surface area (Å²) in [5.41, 5.74) is 8.94. The fourth-order valence-corrected chi connectivity index (χ4v) is 3.83. The molecule has 4 rings (SSSR count). The second-order valence-corrected chi connectivity index (χ2v) is 7.29. The van der Waals surface area contributed by atoms with E-state index >= 15 is 0 Å². The van der Waals surface area contributed by atoms with E-state index in [9.17, 15) is 4.79 Å². The number of nitrogens with one attached hydrogen (secondary N) is 1. The zero-order valence-corrected chi connectivity index (χ0v) is 17.1. The van der Waals surface area contributed by atoms with Crippen molar-refractivity contribution in [1.29, 1.82) is 0 Å². The molecule has 4 aromatic carbocycles. The van der Waals surface area contributed by atoms with Crippen LogP contribution in [0.5, 0.6) is 0 Å². The van der Waals surface area contributed by atoms with E-state index < -0.39 is 0 Å². The summed E-state index contributed by atoms with van der Waals surface area (Å²) in [4.78, 5) is 13.6. The Hall–Kier alpha value is -3.70. The SMILES string of the molecule is NC(=O)Cc1ccccc1N(C(=S)Nc1cccc2ccccc12)c1ccccc1. The lowest BCUT2D eigenvalue weighted by Crippen LogP contribution is -2.31. The van der Waals surface area contributed by atoms with Crippen LogP contribution in [-0.4, -0.2) is 11.0 Å². The molecule has 4 nitrogen and oxygen atoms in total. The van der Waals surface area contributed by atoms with E-state index in [-0.39, 0.29) is 12.3 Å². The number of hydrogen-bond donors (Lipinski definition) is 2. The van der Waals surface area contributed by atoms with Crippen molar-refractivity contribution >= 4 is 51.1 Å². The molecule has 0 unspecified atom stereocenters. The number of fused-ring (bicyclic) bond motifs is 1. The van der Waals surface area contributed by atoms with Crippen LogP contribution in [0.25, 0.3) is 10.8 Å². The molecule has 0 fully saturated rings. The minimum absolute atomic E-state index is 0.135. The number of nitrogens with zero attached hydrogens (tertiary/aromatic N) is 1. The molecule has 0 spiro atoms. The van der Waals surface area contributed by atoms with Crippen molar-refractivity contribution in [2.24, 2.45) is 5.73 Å². The molecular weight excluding hydrogens is 390 g/mol. The van der Waals surface area contributed by atoms with Gasteiger partial charge in [0.2, 0.25) is 5.91 Å². The van der Waals surface area contributed by atoms with Gasteiger partial charge in [-0.1, -0.05) is 72.8 Å². The molecule has 1 amide bonds. The van der Waals surface area contributed by atoms with Crippen LogP contribution in [0.3, 0.4) is 0 Å². The molecule has 148 valence electrons. The van der Waals surface area contributed by atoms with Gasteiger partial charge in [-0.15, -0.1) is 0 Å². The van der Waals surface area contributed by atoms with Gasteiger partial charge >= 0.3 is 0 Å². The molecule has 0 atom stereocenters. The topological polar surface area (TPSA) is 58.4 Å². The first-order chi connectivity index (χ1) is 14.6. The van der Waals surface area contributed by atoms with Crippen molar-refractivity contribution in [2.45, 2.75) is 6.42 Å².